The zero-order chi connectivity index (χ0) is 20.1. The number of rotatable bonds is 3. The zero-order valence-electron chi connectivity index (χ0n) is 15.9. The van der Waals surface area contributed by atoms with Crippen molar-refractivity contribution in [2.75, 3.05) is 23.3 Å². The highest BCUT2D eigenvalue weighted by molar-refractivity contribution is 7.25. The summed E-state index contributed by atoms with van der Waals surface area (Å²) in [7, 11) is 0. The fraction of sp³-hybridized carbons (Fsp3) is 0.300. The van der Waals surface area contributed by atoms with Crippen LogP contribution in [0.1, 0.15) is 17.7 Å². The Morgan fingerprint density at radius 3 is 2.90 bits per heavy atom. The lowest BCUT2D eigenvalue weighted by Crippen LogP contribution is -2.27. The molecule has 148 valence electrons. The highest BCUT2D eigenvalue weighted by Gasteiger charge is 2.26. The minimum Gasteiger partial charge on any atom is -0.367 e. The summed E-state index contributed by atoms with van der Waals surface area (Å²) in [5.41, 5.74) is 3.11. The number of hydrogen-bond acceptors (Lipinski definition) is 7. The van der Waals surface area contributed by atoms with Gasteiger partial charge in [0.25, 0.3) is 0 Å². The number of fused-ring (bicyclic) bond motifs is 3. The normalized spacial score (nSPS) is 16.8. The average molecular weight is 412 g/mol. The third kappa shape index (κ3) is 2.96. The predicted octanol–water partition coefficient (Wildman–Crippen LogP) is 4.22. The Morgan fingerprint density at radius 1 is 1.17 bits per heavy atom. The molecule has 1 N–H and O–H groups in total. The third-order valence-corrected chi connectivity index (χ3v) is 6.53. The van der Waals surface area contributed by atoms with Gasteiger partial charge in [-0.2, -0.15) is 5.10 Å². The summed E-state index contributed by atoms with van der Waals surface area (Å²) in [4.78, 5) is 11.6. The van der Waals surface area contributed by atoms with Gasteiger partial charge in [0.1, 0.15) is 17.0 Å². The van der Waals surface area contributed by atoms with Crippen LogP contribution < -0.4 is 10.2 Å². The Labute approximate surface area is 169 Å². The minimum absolute atomic E-state index is 0.0647. The molecule has 1 fully saturated rings. The van der Waals surface area contributed by atoms with Crippen LogP contribution in [-0.4, -0.2) is 39.3 Å². The van der Waals surface area contributed by atoms with Crippen LogP contribution in [0.15, 0.2) is 24.5 Å². The van der Waals surface area contributed by atoms with E-state index < -0.39 is 11.6 Å². The van der Waals surface area contributed by atoms with Gasteiger partial charge in [-0.25, -0.2) is 18.7 Å². The van der Waals surface area contributed by atoms with Crippen molar-refractivity contribution in [2.45, 2.75) is 26.3 Å². The number of anilines is 2. The quantitative estimate of drug-likeness (QED) is 0.544. The Hall–Kier alpha value is -2.94. The van der Waals surface area contributed by atoms with E-state index >= 15 is 0 Å². The molecule has 1 saturated heterocycles. The molecule has 0 radical (unpaired) electrons. The van der Waals surface area contributed by atoms with E-state index in [1.165, 1.54) is 17.4 Å². The van der Waals surface area contributed by atoms with Crippen LogP contribution in [0.4, 0.5) is 20.3 Å². The van der Waals surface area contributed by atoms with Crippen LogP contribution >= 0.6 is 11.3 Å². The first-order valence-corrected chi connectivity index (χ1v) is 10.2. The molecule has 0 saturated carbocycles. The van der Waals surface area contributed by atoms with Crippen molar-refractivity contribution in [3.63, 3.8) is 0 Å². The molecule has 4 heterocycles. The summed E-state index contributed by atoms with van der Waals surface area (Å²) >= 11 is 1.51. The molecule has 1 unspecified atom stereocenters. The number of nitrogens with zero attached hydrogens (tertiary/aromatic N) is 5. The molecule has 0 bridgehead atoms. The Balaban J connectivity index is 1.45. The summed E-state index contributed by atoms with van der Waals surface area (Å²) in [5.74, 6) is -0.887. The molecular formula is C20H18F2N6S. The standard InChI is InChI=1S/C20H18F2N6S/c1-10-11(2)26-27-20-15(10)17-18(29-20)19(24-9-23-17)25-12-6-7-28(8-12)14-5-3-4-13(21)16(14)22/h3-5,9,12H,6-8H2,1-2H3,(H,23,24,25). The van der Waals surface area contributed by atoms with E-state index in [-0.39, 0.29) is 6.04 Å². The highest BCUT2D eigenvalue weighted by atomic mass is 32.1. The number of thiophene rings is 1. The second kappa shape index (κ2) is 6.84. The fourth-order valence-corrected chi connectivity index (χ4v) is 4.90. The average Bonchev–Trinajstić information content (AvgIpc) is 3.32. The zero-order valence-corrected chi connectivity index (χ0v) is 16.7. The highest BCUT2D eigenvalue weighted by Crippen LogP contribution is 2.37. The van der Waals surface area contributed by atoms with Crippen LogP contribution in [0.5, 0.6) is 0 Å². The van der Waals surface area contributed by atoms with Crippen LogP contribution in [0.2, 0.25) is 0 Å². The predicted molar refractivity (Wildman–Crippen MR) is 111 cm³/mol. The molecule has 9 heteroatoms. The van der Waals surface area contributed by atoms with Crippen molar-refractivity contribution in [1.29, 1.82) is 0 Å². The molecule has 0 amide bonds. The topological polar surface area (TPSA) is 66.8 Å². The minimum atomic E-state index is -0.825. The molecule has 6 nitrogen and oxygen atoms in total. The van der Waals surface area contributed by atoms with Crippen LogP contribution in [0.3, 0.4) is 0 Å². The number of aromatic nitrogens is 4. The van der Waals surface area contributed by atoms with E-state index in [0.717, 1.165) is 50.0 Å². The smallest absolute Gasteiger partial charge is 0.182 e. The number of benzene rings is 1. The number of halogens is 2. The molecule has 1 aliphatic rings. The van der Waals surface area contributed by atoms with Gasteiger partial charge in [0.15, 0.2) is 11.6 Å². The lowest BCUT2D eigenvalue weighted by molar-refractivity contribution is 0.507. The van der Waals surface area contributed by atoms with Crippen molar-refractivity contribution in [1.82, 2.24) is 20.2 Å². The number of hydrogen-bond donors (Lipinski definition) is 1. The number of nitrogens with one attached hydrogen (secondary N) is 1. The van der Waals surface area contributed by atoms with Gasteiger partial charge < -0.3 is 10.2 Å². The van der Waals surface area contributed by atoms with Gasteiger partial charge in [0, 0.05) is 24.5 Å². The van der Waals surface area contributed by atoms with E-state index in [1.807, 2.05) is 18.7 Å². The molecule has 0 spiro atoms. The SMILES string of the molecule is Cc1nnc2sc3c(NC4CCN(c5cccc(F)c5F)C4)ncnc3c2c1C. The largest absolute Gasteiger partial charge is 0.367 e. The van der Waals surface area contributed by atoms with Gasteiger partial charge in [-0.15, -0.1) is 16.4 Å². The van der Waals surface area contributed by atoms with E-state index in [0.29, 0.717) is 18.8 Å². The van der Waals surface area contributed by atoms with Gasteiger partial charge >= 0.3 is 0 Å². The maximum absolute atomic E-state index is 14.1. The Morgan fingerprint density at radius 2 is 2.03 bits per heavy atom. The third-order valence-electron chi connectivity index (χ3n) is 5.46. The summed E-state index contributed by atoms with van der Waals surface area (Å²) in [6.07, 6.45) is 2.34. The molecule has 1 aliphatic heterocycles. The molecule has 29 heavy (non-hydrogen) atoms. The summed E-state index contributed by atoms with van der Waals surface area (Å²) in [6, 6.07) is 4.34. The first kappa shape index (κ1) is 18.1. The van der Waals surface area contributed by atoms with Crippen LogP contribution in [0.25, 0.3) is 20.4 Å². The molecule has 3 aromatic heterocycles. The Kier molecular flexibility index (Phi) is 4.27. The maximum atomic E-state index is 14.1. The van der Waals surface area contributed by atoms with Gasteiger partial charge in [0.05, 0.1) is 21.6 Å². The first-order valence-electron chi connectivity index (χ1n) is 9.35. The van der Waals surface area contributed by atoms with Crippen LogP contribution in [0, 0.1) is 25.5 Å². The number of aryl methyl sites for hydroxylation is 2. The van der Waals surface area contributed by atoms with Crippen molar-refractivity contribution in [2.24, 2.45) is 0 Å². The second-order valence-electron chi connectivity index (χ2n) is 7.24. The van der Waals surface area contributed by atoms with Gasteiger partial charge in [-0.1, -0.05) is 6.07 Å². The van der Waals surface area contributed by atoms with Gasteiger partial charge in [-0.3, -0.25) is 0 Å². The van der Waals surface area contributed by atoms with E-state index in [4.69, 9.17) is 0 Å². The lowest BCUT2D eigenvalue weighted by atomic mass is 10.1. The summed E-state index contributed by atoms with van der Waals surface area (Å²) < 4.78 is 28.6. The van der Waals surface area contributed by atoms with Crippen molar-refractivity contribution in [3.8, 4) is 0 Å². The second-order valence-corrected chi connectivity index (χ2v) is 8.24. The van der Waals surface area contributed by atoms with Crippen molar-refractivity contribution in [3.05, 3.63) is 47.4 Å². The molecule has 4 aromatic rings. The van der Waals surface area contributed by atoms with E-state index in [1.54, 1.807) is 12.4 Å². The first-order chi connectivity index (χ1) is 14.0. The van der Waals surface area contributed by atoms with E-state index in [2.05, 4.69) is 25.5 Å². The fourth-order valence-electron chi connectivity index (χ4n) is 3.81. The van der Waals surface area contributed by atoms with E-state index in [9.17, 15) is 8.78 Å². The van der Waals surface area contributed by atoms with Crippen molar-refractivity contribution >= 4 is 43.3 Å². The van der Waals surface area contributed by atoms with Crippen LogP contribution in [-0.2, 0) is 0 Å². The Bertz CT molecular complexity index is 1240. The molecule has 0 aliphatic carbocycles. The summed E-state index contributed by atoms with van der Waals surface area (Å²) in [6.45, 7) is 5.16. The summed E-state index contributed by atoms with van der Waals surface area (Å²) in [5, 5.41) is 13.0. The van der Waals surface area contributed by atoms with Crippen molar-refractivity contribution < 1.29 is 8.78 Å². The molecule has 1 aromatic carbocycles. The molecular weight excluding hydrogens is 394 g/mol. The van der Waals surface area contributed by atoms with Gasteiger partial charge in [-0.05, 0) is 38.0 Å². The van der Waals surface area contributed by atoms with Gasteiger partial charge in [0.2, 0.25) is 0 Å². The molecule has 1 atom stereocenters. The maximum Gasteiger partial charge on any atom is 0.182 e. The lowest BCUT2D eigenvalue weighted by Gasteiger charge is -2.20. The monoisotopic (exact) mass is 412 g/mol. The molecule has 5 rings (SSSR count).